The predicted molar refractivity (Wildman–Crippen MR) is 135 cm³/mol. The second-order valence-electron chi connectivity index (χ2n) is 8.60. The summed E-state index contributed by atoms with van der Waals surface area (Å²) in [4.78, 5) is 3.57. The van der Waals surface area contributed by atoms with Crippen molar-refractivity contribution in [1.29, 1.82) is 0 Å². The minimum Gasteiger partial charge on any atom is -0.406 e. The molecule has 0 spiro atoms. The molecule has 0 bridgehead atoms. The molecule has 0 amide bonds. The molecule has 3 aromatic carbocycles. The number of hydrogen-bond donors (Lipinski definition) is 2. The molecule has 0 saturated carbocycles. The van der Waals surface area contributed by atoms with Crippen LogP contribution in [-0.4, -0.2) is 54.1 Å². The fraction of sp³-hybridized carbons (Fsp3) is 0.280. The number of para-hydroxylation sites is 1. The van der Waals surface area contributed by atoms with E-state index in [2.05, 4.69) is 13.8 Å². The predicted octanol–water partition coefficient (Wildman–Crippen LogP) is 5.12. The number of benzene rings is 3. The Morgan fingerprint density at radius 3 is 2.50 bits per heavy atom. The number of halogens is 4. The molecule has 7 nitrogen and oxygen atoms in total. The molecule has 2 N–H and O–H groups in total. The van der Waals surface area contributed by atoms with Gasteiger partial charge in [-0.2, -0.15) is 0 Å². The fourth-order valence-corrected chi connectivity index (χ4v) is 7.16. The number of aliphatic hydroxyl groups excluding tert-OH is 1. The van der Waals surface area contributed by atoms with E-state index in [0.717, 1.165) is 22.7 Å². The zero-order chi connectivity index (χ0) is 27.1. The van der Waals surface area contributed by atoms with Gasteiger partial charge in [0.2, 0.25) is 0 Å². The van der Waals surface area contributed by atoms with Crippen LogP contribution in [0.2, 0.25) is 0 Å². The molecule has 5 rings (SSSR count). The molecule has 2 heterocycles. The lowest BCUT2D eigenvalue weighted by Crippen LogP contribution is -2.60. The summed E-state index contributed by atoms with van der Waals surface area (Å²) in [6, 6.07) is 15.0. The quantitative estimate of drug-likeness (QED) is 0.416. The number of rotatable bonds is 5. The van der Waals surface area contributed by atoms with E-state index in [1.54, 1.807) is 6.07 Å². The molecule has 4 atom stereocenters. The highest BCUT2D eigenvalue weighted by Crippen LogP contribution is 2.49. The maximum absolute atomic E-state index is 14.0. The summed E-state index contributed by atoms with van der Waals surface area (Å²) >= 11 is 1.42. The first-order valence-electron chi connectivity index (χ1n) is 11.5. The van der Waals surface area contributed by atoms with Gasteiger partial charge in [-0.3, -0.25) is 0 Å². The summed E-state index contributed by atoms with van der Waals surface area (Å²) in [5.41, 5.74) is 1.51. The van der Waals surface area contributed by atoms with E-state index in [1.165, 1.54) is 43.1 Å². The molecule has 1 saturated heterocycles. The monoisotopic (exact) mass is 569 g/mol. The fourth-order valence-electron chi connectivity index (χ4n) is 4.49. The Kier molecular flexibility index (Phi) is 7.31. The Balaban J connectivity index is 1.43. The van der Waals surface area contributed by atoms with Gasteiger partial charge < -0.3 is 19.5 Å². The van der Waals surface area contributed by atoms with Gasteiger partial charge in [-0.25, -0.2) is 17.7 Å². The van der Waals surface area contributed by atoms with Crippen LogP contribution >= 0.6 is 11.8 Å². The first kappa shape index (κ1) is 26.8. The van der Waals surface area contributed by atoms with Crippen molar-refractivity contribution in [3.8, 4) is 5.75 Å². The Morgan fingerprint density at radius 2 is 1.79 bits per heavy atom. The first-order chi connectivity index (χ1) is 18.1. The highest BCUT2D eigenvalue weighted by molar-refractivity contribution is 7.99. The number of anilines is 2. The molecule has 1 fully saturated rings. The van der Waals surface area contributed by atoms with E-state index >= 15 is 0 Å². The standard InChI is InChI=1S/C25H23F4N3O4S2/c1-30-38(34,17-9-7-16(8-10-17)36-25(27,28)29)31-18-13-35-14-21(24(18)33)32-19-4-2-3-5-22(19)37-23-12-15(26)6-11-20(23)32/h2-12,18,21,24,33H,13-14H2,1H3,(H,30,31,34). The summed E-state index contributed by atoms with van der Waals surface area (Å²) < 4.78 is 81.8. The third-order valence-electron chi connectivity index (χ3n) is 6.20. The van der Waals surface area contributed by atoms with E-state index < -0.39 is 40.2 Å². The van der Waals surface area contributed by atoms with E-state index in [9.17, 15) is 26.9 Å². The van der Waals surface area contributed by atoms with Gasteiger partial charge in [0.05, 0.1) is 47.7 Å². The molecule has 2 aliphatic rings. The van der Waals surface area contributed by atoms with Gasteiger partial charge in [-0.1, -0.05) is 23.9 Å². The van der Waals surface area contributed by atoms with Crippen LogP contribution in [0, 0.1) is 5.82 Å². The minimum absolute atomic E-state index is 0.0138. The molecule has 13 heteroatoms. The van der Waals surface area contributed by atoms with Crippen LogP contribution < -0.4 is 14.4 Å². The Hall–Kier alpha value is -2.84. The maximum Gasteiger partial charge on any atom is 0.573 e. The van der Waals surface area contributed by atoms with Crippen LogP contribution in [0.5, 0.6) is 5.75 Å². The number of fused-ring (bicyclic) bond motifs is 2. The molecule has 202 valence electrons. The third-order valence-corrected chi connectivity index (χ3v) is 9.35. The lowest BCUT2D eigenvalue weighted by molar-refractivity contribution is -0.274. The summed E-state index contributed by atoms with van der Waals surface area (Å²) in [7, 11) is -2.04. The largest absolute Gasteiger partial charge is 0.573 e. The van der Waals surface area contributed by atoms with Crippen molar-refractivity contribution in [3.05, 3.63) is 72.5 Å². The first-order valence-corrected chi connectivity index (χ1v) is 13.8. The zero-order valence-electron chi connectivity index (χ0n) is 19.9. The number of alkyl halides is 3. The minimum atomic E-state index is -4.86. The molecular formula is C25H23F4N3O4S2. The van der Waals surface area contributed by atoms with Gasteiger partial charge in [-0.15, -0.1) is 13.2 Å². The average molecular weight is 570 g/mol. The topological polar surface area (TPSA) is 83.4 Å². The smallest absolute Gasteiger partial charge is 0.406 e. The van der Waals surface area contributed by atoms with Crippen LogP contribution in [0.4, 0.5) is 28.9 Å². The van der Waals surface area contributed by atoms with Crippen LogP contribution in [0.25, 0.3) is 0 Å². The number of nitrogens with zero attached hydrogens (tertiary/aromatic N) is 2. The normalized spacial score (nSPS) is 22.7. The second kappa shape index (κ2) is 10.4. The van der Waals surface area contributed by atoms with E-state index in [4.69, 9.17) is 4.74 Å². The van der Waals surface area contributed by atoms with E-state index in [1.807, 2.05) is 29.2 Å². The summed E-state index contributed by atoms with van der Waals surface area (Å²) in [6.45, 7) is 0.156. The Bertz CT molecular complexity index is 1450. The number of nitrogens with one attached hydrogen (secondary N) is 1. The van der Waals surface area contributed by atoms with Crippen molar-refractivity contribution in [2.45, 2.75) is 39.2 Å². The molecule has 0 radical (unpaired) electrons. The summed E-state index contributed by atoms with van der Waals surface area (Å²) in [5, 5.41) is 11.5. The van der Waals surface area contributed by atoms with Crippen molar-refractivity contribution in [2.75, 3.05) is 25.2 Å². The van der Waals surface area contributed by atoms with E-state index in [-0.39, 0.29) is 23.9 Å². The Morgan fingerprint density at radius 1 is 1.08 bits per heavy atom. The Labute approximate surface area is 221 Å². The SMILES string of the molecule is CN=S(=O)(NC1COCC(N2c3ccccc3Sc3cc(F)ccc32)C1O)c1ccc(OC(F)(F)F)cc1. The third kappa shape index (κ3) is 5.34. The van der Waals surface area contributed by atoms with Crippen LogP contribution in [0.3, 0.4) is 0 Å². The highest BCUT2D eigenvalue weighted by Gasteiger charge is 2.41. The molecule has 4 unspecified atom stereocenters. The summed E-state index contributed by atoms with van der Waals surface area (Å²) in [5.74, 6) is -0.844. The van der Waals surface area contributed by atoms with Gasteiger partial charge in [0.1, 0.15) is 21.5 Å². The van der Waals surface area contributed by atoms with Crippen LogP contribution in [0.15, 0.2) is 85.8 Å². The van der Waals surface area contributed by atoms with Crippen molar-refractivity contribution in [2.24, 2.45) is 4.36 Å². The van der Waals surface area contributed by atoms with Gasteiger partial charge in [0.25, 0.3) is 0 Å². The molecule has 0 aromatic heterocycles. The van der Waals surface area contributed by atoms with Gasteiger partial charge in [-0.05, 0) is 54.6 Å². The number of hydrogen-bond acceptors (Lipinski definition) is 7. The molecule has 3 aromatic rings. The zero-order valence-corrected chi connectivity index (χ0v) is 21.5. The van der Waals surface area contributed by atoms with Crippen molar-refractivity contribution in [3.63, 3.8) is 0 Å². The van der Waals surface area contributed by atoms with Crippen molar-refractivity contribution in [1.82, 2.24) is 4.72 Å². The van der Waals surface area contributed by atoms with Crippen molar-refractivity contribution >= 4 is 33.1 Å². The summed E-state index contributed by atoms with van der Waals surface area (Å²) in [6.07, 6.45) is -5.96. The van der Waals surface area contributed by atoms with Crippen LogP contribution in [-0.2, 0) is 14.7 Å². The number of ether oxygens (including phenoxy) is 2. The number of aliphatic hydroxyl groups is 1. The van der Waals surface area contributed by atoms with Crippen molar-refractivity contribution < 1.29 is 36.4 Å². The van der Waals surface area contributed by atoms with E-state index in [0.29, 0.717) is 10.6 Å². The lowest BCUT2D eigenvalue weighted by Gasteiger charge is -2.45. The maximum atomic E-state index is 14.0. The van der Waals surface area contributed by atoms with Gasteiger partial charge >= 0.3 is 6.36 Å². The highest BCUT2D eigenvalue weighted by atomic mass is 32.2. The molecule has 2 aliphatic heterocycles. The van der Waals surface area contributed by atoms with Gasteiger partial charge in [0, 0.05) is 16.8 Å². The molecule has 0 aliphatic carbocycles. The van der Waals surface area contributed by atoms with Gasteiger partial charge in [0.15, 0.2) is 0 Å². The average Bonchev–Trinajstić information content (AvgIpc) is 2.88. The van der Waals surface area contributed by atoms with Crippen LogP contribution in [0.1, 0.15) is 0 Å². The second-order valence-corrected chi connectivity index (χ2v) is 11.8. The molecular weight excluding hydrogens is 546 g/mol. The lowest BCUT2D eigenvalue weighted by atomic mass is 9.99. The molecule has 38 heavy (non-hydrogen) atoms.